The predicted molar refractivity (Wildman–Crippen MR) is 95.0 cm³/mol. The van der Waals surface area contributed by atoms with Gasteiger partial charge in [0.1, 0.15) is 5.82 Å². The highest BCUT2D eigenvalue weighted by atomic mass is 19.4. The first-order valence-electron chi connectivity index (χ1n) is 9.08. The van der Waals surface area contributed by atoms with E-state index in [1.54, 1.807) is 4.90 Å². The summed E-state index contributed by atoms with van der Waals surface area (Å²) in [5.74, 6) is 0.481. The van der Waals surface area contributed by atoms with Gasteiger partial charge in [0.25, 0.3) is 0 Å². The van der Waals surface area contributed by atoms with Crippen LogP contribution in [0.5, 0.6) is 0 Å². The van der Waals surface area contributed by atoms with Crippen molar-refractivity contribution in [3.8, 4) is 0 Å². The summed E-state index contributed by atoms with van der Waals surface area (Å²) in [6.07, 6.45) is -0.583. The molecule has 26 heavy (non-hydrogen) atoms. The van der Waals surface area contributed by atoms with Crippen LogP contribution >= 0.6 is 0 Å². The molecule has 1 atom stereocenters. The third kappa shape index (κ3) is 5.33. The van der Waals surface area contributed by atoms with Crippen molar-refractivity contribution in [1.82, 2.24) is 15.2 Å². The molecule has 2 heterocycles. The Morgan fingerprint density at radius 3 is 2.58 bits per heavy atom. The maximum atomic E-state index is 12.9. The summed E-state index contributed by atoms with van der Waals surface area (Å²) in [5, 5.41) is 3.09. The molecule has 0 aromatic carbocycles. The topological polar surface area (TPSA) is 48.5 Å². The van der Waals surface area contributed by atoms with Crippen molar-refractivity contribution >= 4 is 11.7 Å². The molecule has 5 nitrogen and oxygen atoms in total. The summed E-state index contributed by atoms with van der Waals surface area (Å²) in [7, 11) is 1.89. The van der Waals surface area contributed by atoms with Gasteiger partial charge < -0.3 is 15.1 Å². The average Bonchev–Trinajstić information content (AvgIpc) is 2.64. The highest BCUT2D eigenvalue weighted by Gasteiger charge is 2.32. The zero-order valence-corrected chi connectivity index (χ0v) is 15.4. The number of carbonyl (C=O) groups is 1. The maximum absolute atomic E-state index is 12.9. The van der Waals surface area contributed by atoms with Gasteiger partial charge >= 0.3 is 6.18 Å². The first-order chi connectivity index (χ1) is 12.4. The first kappa shape index (κ1) is 20.5. The number of halogens is 3. The lowest BCUT2D eigenvalue weighted by atomic mass is 9.98. The number of amides is 1. The van der Waals surface area contributed by atoms with Crippen LogP contribution in [0.4, 0.5) is 19.0 Å². The minimum atomic E-state index is -4.38. The van der Waals surface area contributed by atoms with Crippen molar-refractivity contribution in [1.29, 1.82) is 0 Å². The van der Waals surface area contributed by atoms with E-state index < -0.39 is 11.7 Å². The van der Waals surface area contributed by atoms with E-state index in [9.17, 15) is 18.0 Å². The second-order valence-electron chi connectivity index (χ2n) is 6.56. The Balaban J connectivity index is 1.93. The largest absolute Gasteiger partial charge is 0.416 e. The Hall–Kier alpha value is -1.83. The van der Waals surface area contributed by atoms with E-state index in [-0.39, 0.29) is 11.8 Å². The number of nitrogens with one attached hydrogen (secondary N) is 1. The molecular weight excluding hydrogens is 345 g/mol. The van der Waals surface area contributed by atoms with Gasteiger partial charge in [0.2, 0.25) is 5.91 Å². The zero-order valence-electron chi connectivity index (χ0n) is 15.4. The Morgan fingerprint density at radius 1 is 1.31 bits per heavy atom. The molecule has 0 spiro atoms. The Kier molecular flexibility index (Phi) is 7.25. The molecule has 1 amide bonds. The van der Waals surface area contributed by atoms with Crippen LogP contribution in [0.1, 0.15) is 31.7 Å². The van der Waals surface area contributed by atoms with Crippen LogP contribution in [-0.4, -0.2) is 55.6 Å². The summed E-state index contributed by atoms with van der Waals surface area (Å²) < 4.78 is 38.6. The van der Waals surface area contributed by atoms with Crippen LogP contribution in [-0.2, 0) is 11.0 Å². The second kappa shape index (κ2) is 9.21. The number of rotatable bonds is 7. The van der Waals surface area contributed by atoms with Crippen LogP contribution in [0.2, 0.25) is 0 Å². The van der Waals surface area contributed by atoms with E-state index in [1.807, 2.05) is 18.9 Å². The molecule has 1 saturated heterocycles. The zero-order chi connectivity index (χ0) is 19.2. The molecule has 1 unspecified atom stereocenters. The fourth-order valence-corrected chi connectivity index (χ4v) is 3.21. The SMILES string of the molecule is CCC(CCCNC)C(=O)N1CCN(c2cc(C(F)(F)F)ccn2)CC1. The lowest BCUT2D eigenvalue weighted by Crippen LogP contribution is -2.50. The van der Waals surface area contributed by atoms with Crippen molar-refractivity contribution in [2.45, 2.75) is 32.4 Å². The lowest BCUT2D eigenvalue weighted by molar-refractivity contribution is -0.137. The molecule has 1 aliphatic heterocycles. The van der Waals surface area contributed by atoms with Crippen LogP contribution < -0.4 is 10.2 Å². The third-order valence-corrected chi connectivity index (χ3v) is 4.81. The fourth-order valence-electron chi connectivity index (χ4n) is 3.21. The van der Waals surface area contributed by atoms with Crippen LogP contribution in [0, 0.1) is 5.92 Å². The van der Waals surface area contributed by atoms with Crippen molar-refractivity contribution in [2.75, 3.05) is 44.7 Å². The van der Waals surface area contributed by atoms with Gasteiger partial charge in [-0.1, -0.05) is 6.92 Å². The van der Waals surface area contributed by atoms with E-state index in [1.165, 1.54) is 6.20 Å². The minimum absolute atomic E-state index is 0.0154. The van der Waals surface area contributed by atoms with Gasteiger partial charge in [-0.2, -0.15) is 13.2 Å². The smallest absolute Gasteiger partial charge is 0.353 e. The van der Waals surface area contributed by atoms with E-state index in [4.69, 9.17) is 0 Å². The van der Waals surface area contributed by atoms with Crippen LogP contribution in [0.3, 0.4) is 0 Å². The number of piperazine rings is 1. The molecule has 0 bridgehead atoms. The summed E-state index contributed by atoms with van der Waals surface area (Å²) >= 11 is 0. The number of carbonyl (C=O) groups excluding carboxylic acids is 1. The maximum Gasteiger partial charge on any atom is 0.416 e. The molecule has 2 rings (SSSR count). The summed E-state index contributed by atoms with van der Waals surface area (Å²) in [6, 6.07) is 2.05. The van der Waals surface area contributed by atoms with Crippen molar-refractivity contribution in [2.24, 2.45) is 5.92 Å². The van der Waals surface area contributed by atoms with E-state index in [0.29, 0.717) is 32.0 Å². The van der Waals surface area contributed by atoms with Gasteiger partial charge in [-0.05, 0) is 45.0 Å². The first-order valence-corrected chi connectivity index (χ1v) is 9.08. The number of hydrogen-bond donors (Lipinski definition) is 1. The monoisotopic (exact) mass is 372 g/mol. The van der Waals surface area contributed by atoms with Gasteiger partial charge in [-0.15, -0.1) is 0 Å². The number of pyridine rings is 1. The number of aromatic nitrogens is 1. The normalized spacial score (nSPS) is 16.7. The highest BCUT2D eigenvalue weighted by molar-refractivity contribution is 5.79. The van der Waals surface area contributed by atoms with E-state index in [2.05, 4.69) is 10.3 Å². The molecule has 0 aliphatic carbocycles. The average molecular weight is 372 g/mol. The van der Waals surface area contributed by atoms with Crippen LogP contribution in [0.25, 0.3) is 0 Å². The van der Waals surface area contributed by atoms with E-state index in [0.717, 1.165) is 37.9 Å². The van der Waals surface area contributed by atoms with Gasteiger partial charge in [-0.25, -0.2) is 4.98 Å². The summed E-state index contributed by atoms with van der Waals surface area (Å²) in [4.78, 5) is 20.4. The van der Waals surface area contributed by atoms with Crippen molar-refractivity contribution in [3.63, 3.8) is 0 Å². The number of anilines is 1. The molecule has 8 heteroatoms. The molecule has 0 radical (unpaired) electrons. The van der Waals surface area contributed by atoms with Crippen molar-refractivity contribution in [3.05, 3.63) is 23.9 Å². The summed E-state index contributed by atoms with van der Waals surface area (Å²) in [6.45, 7) is 4.92. The molecule has 1 N–H and O–H groups in total. The van der Waals surface area contributed by atoms with Gasteiger partial charge in [0.05, 0.1) is 5.56 Å². The van der Waals surface area contributed by atoms with E-state index >= 15 is 0 Å². The lowest BCUT2D eigenvalue weighted by Gasteiger charge is -2.37. The Labute approximate surface area is 152 Å². The number of hydrogen-bond acceptors (Lipinski definition) is 4. The van der Waals surface area contributed by atoms with Crippen molar-refractivity contribution < 1.29 is 18.0 Å². The number of nitrogens with zero attached hydrogens (tertiary/aromatic N) is 3. The molecule has 0 saturated carbocycles. The van der Waals surface area contributed by atoms with Gasteiger partial charge in [-0.3, -0.25) is 4.79 Å². The Bertz CT molecular complexity index is 586. The quantitative estimate of drug-likeness (QED) is 0.748. The van der Waals surface area contributed by atoms with Gasteiger partial charge in [0.15, 0.2) is 0 Å². The molecule has 146 valence electrons. The van der Waals surface area contributed by atoms with Gasteiger partial charge in [0, 0.05) is 38.3 Å². The third-order valence-electron chi connectivity index (χ3n) is 4.81. The standard InChI is InChI=1S/C18H27F3N4O/c1-3-14(5-4-7-22-2)17(26)25-11-9-24(10-12-25)16-13-15(6-8-23-16)18(19,20)21/h6,8,13-14,22H,3-5,7,9-12H2,1-2H3. The molecule has 1 aromatic heterocycles. The summed E-state index contributed by atoms with van der Waals surface area (Å²) in [5.41, 5.74) is -0.698. The minimum Gasteiger partial charge on any atom is -0.353 e. The fraction of sp³-hybridized carbons (Fsp3) is 0.667. The van der Waals surface area contributed by atoms with Crippen LogP contribution in [0.15, 0.2) is 18.3 Å². The Morgan fingerprint density at radius 2 is 2.00 bits per heavy atom. The molecule has 1 aliphatic rings. The highest BCUT2D eigenvalue weighted by Crippen LogP contribution is 2.31. The number of alkyl halides is 3. The molecular formula is C18H27F3N4O. The molecule has 1 fully saturated rings. The second-order valence-corrected chi connectivity index (χ2v) is 6.56. The predicted octanol–water partition coefficient (Wildman–Crippen LogP) is 2.77. The molecule has 1 aromatic rings.